The van der Waals surface area contributed by atoms with Crippen LogP contribution in [0, 0.1) is 0 Å². The van der Waals surface area contributed by atoms with Crippen LogP contribution in [0.25, 0.3) is 0 Å². The predicted molar refractivity (Wildman–Crippen MR) is 104 cm³/mol. The molecule has 27 heavy (non-hydrogen) atoms. The summed E-state index contributed by atoms with van der Waals surface area (Å²) in [5, 5.41) is 4.66. The number of rotatable bonds is 6. The lowest BCUT2D eigenvalue weighted by molar-refractivity contribution is -0.121. The summed E-state index contributed by atoms with van der Waals surface area (Å²) in [6.45, 7) is 1.03. The zero-order valence-electron chi connectivity index (χ0n) is 15.0. The van der Waals surface area contributed by atoms with E-state index in [1.807, 2.05) is 17.5 Å². The molecular weight excluding hydrogens is 386 g/mol. The van der Waals surface area contributed by atoms with Crippen LogP contribution in [0.3, 0.4) is 0 Å². The molecule has 3 rings (SSSR count). The standard InChI is InChI=1S/C18H23N3O4S2/c22-17(19-13-15-7-6-12-26-15)14-20-9-5-8-16(18(20)23)27(24,25)21-10-3-1-2-4-11-21/h5-9,12H,1-4,10-11,13-14H2,(H,19,22). The van der Waals surface area contributed by atoms with Gasteiger partial charge in [-0.2, -0.15) is 4.31 Å². The average Bonchev–Trinajstić information content (AvgIpc) is 3.01. The van der Waals surface area contributed by atoms with E-state index < -0.39 is 15.6 Å². The van der Waals surface area contributed by atoms with Gasteiger partial charge in [0.2, 0.25) is 15.9 Å². The van der Waals surface area contributed by atoms with Crippen molar-refractivity contribution < 1.29 is 13.2 Å². The number of sulfonamides is 1. The number of aromatic nitrogens is 1. The van der Waals surface area contributed by atoms with Gasteiger partial charge < -0.3 is 9.88 Å². The summed E-state index contributed by atoms with van der Waals surface area (Å²) in [6.07, 6.45) is 5.02. The zero-order chi connectivity index (χ0) is 19.3. The number of hydrogen-bond acceptors (Lipinski definition) is 5. The second-order valence-corrected chi connectivity index (χ2v) is 9.42. The van der Waals surface area contributed by atoms with E-state index >= 15 is 0 Å². The van der Waals surface area contributed by atoms with Gasteiger partial charge in [-0.25, -0.2) is 8.42 Å². The minimum atomic E-state index is -3.85. The van der Waals surface area contributed by atoms with Crippen LogP contribution < -0.4 is 10.9 Å². The van der Waals surface area contributed by atoms with Crippen LogP contribution in [0.4, 0.5) is 0 Å². The van der Waals surface area contributed by atoms with Gasteiger partial charge >= 0.3 is 0 Å². The second-order valence-electron chi connectivity index (χ2n) is 6.48. The topological polar surface area (TPSA) is 88.5 Å². The summed E-state index contributed by atoms with van der Waals surface area (Å²) in [5.74, 6) is -0.338. The Labute approximate surface area is 162 Å². The monoisotopic (exact) mass is 409 g/mol. The molecule has 9 heteroatoms. The molecule has 0 aromatic carbocycles. The summed E-state index contributed by atoms with van der Waals surface area (Å²) in [5.41, 5.74) is -0.659. The molecule has 0 saturated carbocycles. The molecule has 1 aliphatic rings. The third-order valence-electron chi connectivity index (χ3n) is 4.52. The largest absolute Gasteiger partial charge is 0.350 e. The van der Waals surface area contributed by atoms with Gasteiger partial charge in [-0.15, -0.1) is 11.3 Å². The lowest BCUT2D eigenvalue weighted by Gasteiger charge is -2.20. The number of nitrogens with one attached hydrogen (secondary N) is 1. The lowest BCUT2D eigenvalue weighted by atomic mass is 10.2. The molecule has 1 saturated heterocycles. The molecular formula is C18H23N3O4S2. The molecule has 0 bridgehead atoms. The molecule has 146 valence electrons. The van der Waals surface area contributed by atoms with Gasteiger partial charge in [0.15, 0.2) is 0 Å². The van der Waals surface area contributed by atoms with Crippen LogP contribution >= 0.6 is 11.3 Å². The second kappa shape index (κ2) is 8.81. The Morgan fingerprint density at radius 2 is 1.85 bits per heavy atom. The highest BCUT2D eigenvalue weighted by Crippen LogP contribution is 2.18. The van der Waals surface area contributed by atoms with Crippen molar-refractivity contribution in [3.63, 3.8) is 0 Å². The molecule has 7 nitrogen and oxygen atoms in total. The fourth-order valence-corrected chi connectivity index (χ4v) is 5.32. The van der Waals surface area contributed by atoms with Crippen LogP contribution in [0.15, 0.2) is 45.5 Å². The first-order chi connectivity index (χ1) is 13.0. The van der Waals surface area contributed by atoms with E-state index in [2.05, 4.69) is 5.32 Å². The Balaban J connectivity index is 1.75. The van der Waals surface area contributed by atoms with Crippen LogP contribution in [0.1, 0.15) is 30.6 Å². The number of nitrogens with zero attached hydrogens (tertiary/aromatic N) is 2. The van der Waals surface area contributed by atoms with E-state index in [1.54, 1.807) is 0 Å². The highest BCUT2D eigenvalue weighted by atomic mass is 32.2. The SMILES string of the molecule is O=C(Cn1cccc(S(=O)(=O)N2CCCCCC2)c1=O)NCc1cccs1. The number of hydrogen-bond donors (Lipinski definition) is 1. The molecule has 2 aromatic heterocycles. The van der Waals surface area contributed by atoms with Gasteiger partial charge in [0.25, 0.3) is 5.56 Å². The number of amides is 1. The third kappa shape index (κ3) is 4.85. The highest BCUT2D eigenvalue weighted by Gasteiger charge is 2.28. The molecule has 1 amide bonds. The van der Waals surface area contributed by atoms with Crippen LogP contribution in [-0.4, -0.2) is 36.3 Å². The van der Waals surface area contributed by atoms with E-state index in [-0.39, 0.29) is 17.3 Å². The number of carbonyl (C=O) groups is 1. The van der Waals surface area contributed by atoms with Crippen LogP contribution in [0.5, 0.6) is 0 Å². The van der Waals surface area contributed by atoms with Crippen molar-refractivity contribution in [1.82, 2.24) is 14.2 Å². The maximum Gasteiger partial charge on any atom is 0.271 e. The van der Waals surface area contributed by atoms with E-state index in [9.17, 15) is 18.0 Å². The molecule has 1 fully saturated rings. The first-order valence-electron chi connectivity index (χ1n) is 8.97. The zero-order valence-corrected chi connectivity index (χ0v) is 16.6. The van der Waals surface area contributed by atoms with Crippen molar-refractivity contribution in [2.24, 2.45) is 0 Å². The molecule has 2 aromatic rings. The Morgan fingerprint density at radius 1 is 1.11 bits per heavy atom. The smallest absolute Gasteiger partial charge is 0.271 e. The van der Waals surface area contributed by atoms with Crippen molar-refractivity contribution in [1.29, 1.82) is 0 Å². The van der Waals surface area contributed by atoms with Crippen molar-refractivity contribution in [3.05, 3.63) is 51.1 Å². The molecule has 0 radical (unpaired) electrons. The maximum atomic E-state index is 12.9. The van der Waals surface area contributed by atoms with Gasteiger partial charge in [-0.1, -0.05) is 18.9 Å². The molecule has 0 atom stereocenters. The first kappa shape index (κ1) is 19.8. The fraction of sp³-hybridized carbons (Fsp3) is 0.444. The molecule has 1 aliphatic heterocycles. The molecule has 0 spiro atoms. The quantitative estimate of drug-likeness (QED) is 0.788. The summed E-state index contributed by atoms with van der Waals surface area (Å²) in [4.78, 5) is 25.6. The molecule has 0 unspecified atom stereocenters. The predicted octanol–water partition coefficient (Wildman–Crippen LogP) is 1.79. The van der Waals surface area contributed by atoms with Crippen LogP contribution in [0.2, 0.25) is 0 Å². The number of carbonyl (C=O) groups excluding carboxylic acids is 1. The minimum Gasteiger partial charge on any atom is -0.350 e. The van der Waals surface area contributed by atoms with Gasteiger partial charge in [0.05, 0.1) is 6.54 Å². The van der Waals surface area contributed by atoms with Gasteiger partial charge in [0.1, 0.15) is 11.4 Å². The summed E-state index contributed by atoms with van der Waals surface area (Å²) < 4.78 is 28.3. The van der Waals surface area contributed by atoms with Crippen molar-refractivity contribution in [3.8, 4) is 0 Å². The molecule has 3 heterocycles. The first-order valence-corrected chi connectivity index (χ1v) is 11.3. The fourth-order valence-electron chi connectivity index (χ4n) is 3.07. The number of pyridine rings is 1. The summed E-state index contributed by atoms with van der Waals surface area (Å²) in [7, 11) is -3.85. The lowest BCUT2D eigenvalue weighted by Crippen LogP contribution is -2.38. The van der Waals surface area contributed by atoms with Crippen molar-refractivity contribution in [2.75, 3.05) is 13.1 Å². The Kier molecular flexibility index (Phi) is 6.46. The van der Waals surface area contributed by atoms with Crippen LogP contribution in [-0.2, 0) is 27.9 Å². The summed E-state index contributed by atoms with van der Waals surface area (Å²) >= 11 is 1.53. The third-order valence-corrected chi connectivity index (χ3v) is 7.31. The van der Waals surface area contributed by atoms with Gasteiger partial charge in [-0.3, -0.25) is 9.59 Å². The van der Waals surface area contributed by atoms with E-state index in [1.165, 1.54) is 34.0 Å². The normalized spacial score (nSPS) is 16.0. The minimum absolute atomic E-state index is 0.215. The highest BCUT2D eigenvalue weighted by molar-refractivity contribution is 7.89. The number of thiophene rings is 1. The van der Waals surface area contributed by atoms with Gasteiger partial charge in [0, 0.05) is 24.2 Å². The Morgan fingerprint density at radius 3 is 2.52 bits per heavy atom. The summed E-state index contributed by atoms with van der Waals surface area (Å²) in [6, 6.07) is 6.63. The Bertz CT molecular complexity index is 928. The average molecular weight is 410 g/mol. The van der Waals surface area contributed by atoms with E-state index in [0.717, 1.165) is 35.1 Å². The van der Waals surface area contributed by atoms with E-state index in [0.29, 0.717) is 19.6 Å². The van der Waals surface area contributed by atoms with E-state index in [4.69, 9.17) is 0 Å². The maximum absolute atomic E-state index is 12.9. The van der Waals surface area contributed by atoms with Crippen molar-refractivity contribution >= 4 is 27.3 Å². The van der Waals surface area contributed by atoms with Gasteiger partial charge in [-0.05, 0) is 36.4 Å². The Hall–Kier alpha value is -1.97. The van der Waals surface area contributed by atoms with Crippen molar-refractivity contribution in [2.45, 2.75) is 43.7 Å². The molecule has 1 N–H and O–H groups in total. The molecule has 0 aliphatic carbocycles.